The fourth-order valence-corrected chi connectivity index (χ4v) is 2.66. The Balaban J connectivity index is 2.15. The Morgan fingerprint density at radius 3 is 2.83 bits per heavy atom. The van der Waals surface area contributed by atoms with Gasteiger partial charge in [0.1, 0.15) is 12.6 Å². The number of carbonyl (C=O) groups is 3. The third-order valence-electron chi connectivity index (χ3n) is 3.72. The highest BCUT2D eigenvalue weighted by Crippen LogP contribution is 2.21. The van der Waals surface area contributed by atoms with E-state index in [0.29, 0.717) is 24.2 Å². The second-order valence-electron chi connectivity index (χ2n) is 5.41. The van der Waals surface area contributed by atoms with Gasteiger partial charge in [-0.25, -0.2) is 4.79 Å². The zero-order valence-electron chi connectivity index (χ0n) is 12.9. The van der Waals surface area contributed by atoms with Gasteiger partial charge in [-0.3, -0.25) is 9.59 Å². The van der Waals surface area contributed by atoms with E-state index in [-0.39, 0.29) is 18.4 Å². The van der Waals surface area contributed by atoms with Crippen molar-refractivity contribution in [2.75, 3.05) is 25.6 Å². The molecule has 1 aromatic carbocycles. The number of anilines is 1. The highest BCUT2D eigenvalue weighted by Gasteiger charge is 2.32. The van der Waals surface area contributed by atoms with Crippen LogP contribution in [0.2, 0.25) is 0 Å². The second-order valence-corrected chi connectivity index (χ2v) is 5.41. The predicted octanol–water partition coefficient (Wildman–Crippen LogP) is 1.35. The molecule has 0 saturated carbocycles. The fraction of sp³-hybridized carbons (Fsp3) is 0.438. The maximum absolute atomic E-state index is 12.6. The van der Waals surface area contributed by atoms with Crippen molar-refractivity contribution in [3.8, 4) is 0 Å². The number of piperidine rings is 1. The summed E-state index contributed by atoms with van der Waals surface area (Å²) in [4.78, 5) is 36.8. The van der Waals surface area contributed by atoms with Crippen molar-refractivity contribution in [2.45, 2.75) is 25.3 Å². The van der Waals surface area contributed by atoms with Crippen LogP contribution in [0, 0.1) is 0 Å². The number of likely N-dealkylation sites (tertiary alicyclic amines) is 1. The SMILES string of the molecule is COCC(=O)Nc1cccc(C(=O)N2CCCCC2C(=O)O)c1. The first kappa shape index (κ1) is 17.0. The Morgan fingerprint density at radius 1 is 1.35 bits per heavy atom. The molecule has 7 nitrogen and oxygen atoms in total. The van der Waals surface area contributed by atoms with E-state index in [1.807, 2.05) is 0 Å². The van der Waals surface area contributed by atoms with Crippen molar-refractivity contribution >= 4 is 23.5 Å². The molecule has 1 fully saturated rings. The highest BCUT2D eigenvalue weighted by molar-refractivity contribution is 5.99. The van der Waals surface area contributed by atoms with Gasteiger partial charge in [0.05, 0.1) is 0 Å². The van der Waals surface area contributed by atoms with E-state index in [2.05, 4.69) is 5.32 Å². The standard InChI is InChI=1S/C16H20N2O5/c1-23-10-14(19)17-12-6-4-5-11(9-12)15(20)18-8-3-2-7-13(18)16(21)22/h4-6,9,13H,2-3,7-8,10H2,1H3,(H,17,19)(H,21,22). The van der Waals surface area contributed by atoms with Gasteiger partial charge in [-0.2, -0.15) is 0 Å². The number of aliphatic carboxylic acids is 1. The molecule has 1 aliphatic heterocycles. The number of carboxylic acids is 1. The predicted molar refractivity (Wildman–Crippen MR) is 83.3 cm³/mol. The fourth-order valence-electron chi connectivity index (χ4n) is 2.66. The summed E-state index contributed by atoms with van der Waals surface area (Å²) in [6.07, 6.45) is 2.05. The van der Waals surface area contributed by atoms with Crippen LogP contribution in [0.15, 0.2) is 24.3 Å². The third-order valence-corrected chi connectivity index (χ3v) is 3.72. The molecule has 2 N–H and O–H groups in total. The van der Waals surface area contributed by atoms with Crippen molar-refractivity contribution in [1.82, 2.24) is 4.90 Å². The second kappa shape index (κ2) is 7.73. The molecule has 1 atom stereocenters. The van der Waals surface area contributed by atoms with Crippen molar-refractivity contribution in [3.63, 3.8) is 0 Å². The van der Waals surface area contributed by atoms with Crippen LogP contribution >= 0.6 is 0 Å². The molecule has 1 unspecified atom stereocenters. The van der Waals surface area contributed by atoms with Crippen molar-refractivity contribution in [3.05, 3.63) is 29.8 Å². The molecule has 1 aliphatic rings. The molecule has 2 rings (SSSR count). The number of hydrogen-bond acceptors (Lipinski definition) is 4. The summed E-state index contributed by atoms with van der Waals surface area (Å²) in [5, 5.41) is 11.9. The normalized spacial score (nSPS) is 17.6. The first-order valence-electron chi connectivity index (χ1n) is 7.45. The van der Waals surface area contributed by atoms with E-state index < -0.39 is 12.0 Å². The lowest BCUT2D eigenvalue weighted by atomic mass is 10.0. The molecule has 1 saturated heterocycles. The van der Waals surface area contributed by atoms with Gasteiger partial charge in [0, 0.05) is 24.9 Å². The molecule has 0 radical (unpaired) electrons. The van der Waals surface area contributed by atoms with Crippen molar-refractivity contribution < 1.29 is 24.2 Å². The Bertz CT molecular complexity index is 602. The molecule has 124 valence electrons. The van der Waals surface area contributed by atoms with Crippen molar-refractivity contribution in [1.29, 1.82) is 0 Å². The van der Waals surface area contributed by atoms with Gasteiger partial charge < -0.3 is 20.1 Å². The van der Waals surface area contributed by atoms with Crippen LogP contribution in [-0.2, 0) is 14.3 Å². The van der Waals surface area contributed by atoms with Gasteiger partial charge in [0.15, 0.2) is 0 Å². The van der Waals surface area contributed by atoms with Crippen LogP contribution in [0.1, 0.15) is 29.6 Å². The maximum atomic E-state index is 12.6. The minimum atomic E-state index is -0.984. The third kappa shape index (κ3) is 4.29. The lowest BCUT2D eigenvalue weighted by molar-refractivity contribution is -0.143. The van der Waals surface area contributed by atoms with Gasteiger partial charge in [0.25, 0.3) is 5.91 Å². The number of methoxy groups -OCH3 is 1. The molecule has 0 bridgehead atoms. The minimum absolute atomic E-state index is 0.0780. The van der Waals surface area contributed by atoms with E-state index in [4.69, 9.17) is 4.74 Å². The van der Waals surface area contributed by atoms with Crippen molar-refractivity contribution in [2.24, 2.45) is 0 Å². The number of ether oxygens (including phenoxy) is 1. The van der Waals surface area contributed by atoms with Crippen LogP contribution in [0.3, 0.4) is 0 Å². The number of hydrogen-bond donors (Lipinski definition) is 2. The van der Waals surface area contributed by atoms with Crippen LogP contribution in [0.5, 0.6) is 0 Å². The summed E-state index contributed by atoms with van der Waals surface area (Å²) in [6, 6.07) is 5.68. The average Bonchev–Trinajstić information content (AvgIpc) is 2.54. The van der Waals surface area contributed by atoms with Gasteiger partial charge >= 0.3 is 5.97 Å². The number of benzene rings is 1. The summed E-state index contributed by atoms with van der Waals surface area (Å²) >= 11 is 0. The largest absolute Gasteiger partial charge is 0.480 e. The van der Waals surface area contributed by atoms with Gasteiger partial charge in [-0.1, -0.05) is 6.07 Å². The summed E-state index contributed by atoms with van der Waals surface area (Å²) in [5.74, 6) is -1.64. The summed E-state index contributed by atoms with van der Waals surface area (Å²) in [6.45, 7) is 0.349. The first-order valence-corrected chi connectivity index (χ1v) is 7.45. The first-order chi connectivity index (χ1) is 11.0. The number of amides is 2. The Morgan fingerprint density at radius 2 is 2.13 bits per heavy atom. The number of rotatable bonds is 5. The molecule has 2 amide bonds. The molecule has 7 heteroatoms. The van der Waals surface area contributed by atoms with E-state index >= 15 is 0 Å². The molecule has 1 aromatic rings. The van der Waals surface area contributed by atoms with E-state index in [1.165, 1.54) is 12.0 Å². The molecule has 0 aliphatic carbocycles. The minimum Gasteiger partial charge on any atom is -0.480 e. The van der Waals surface area contributed by atoms with Gasteiger partial charge in [0.2, 0.25) is 5.91 Å². The summed E-state index contributed by atoms with van der Waals surface area (Å²) in [5.41, 5.74) is 0.829. The lowest BCUT2D eigenvalue weighted by Crippen LogP contribution is -2.48. The highest BCUT2D eigenvalue weighted by atomic mass is 16.5. The molecule has 0 aromatic heterocycles. The Kier molecular flexibility index (Phi) is 5.70. The monoisotopic (exact) mass is 320 g/mol. The number of carboxylic acid groups (broad SMARTS) is 1. The van der Waals surface area contributed by atoms with E-state index in [0.717, 1.165) is 12.8 Å². The zero-order chi connectivity index (χ0) is 16.8. The summed E-state index contributed by atoms with van der Waals surface area (Å²) < 4.78 is 4.74. The van der Waals surface area contributed by atoms with Crippen LogP contribution in [-0.4, -0.2) is 54.1 Å². The molecular formula is C16H20N2O5. The zero-order valence-corrected chi connectivity index (χ0v) is 12.9. The molecule has 0 spiro atoms. The average molecular weight is 320 g/mol. The van der Waals surface area contributed by atoms with Gasteiger partial charge in [-0.05, 0) is 37.5 Å². The molecule has 1 heterocycles. The Labute approximate surface area is 134 Å². The molecule has 23 heavy (non-hydrogen) atoms. The van der Waals surface area contributed by atoms with Crippen LogP contribution in [0.25, 0.3) is 0 Å². The topological polar surface area (TPSA) is 95.9 Å². The van der Waals surface area contributed by atoms with Crippen LogP contribution in [0.4, 0.5) is 5.69 Å². The van der Waals surface area contributed by atoms with E-state index in [1.54, 1.807) is 24.3 Å². The Hall–Kier alpha value is -2.41. The number of carbonyl (C=O) groups excluding carboxylic acids is 2. The lowest BCUT2D eigenvalue weighted by Gasteiger charge is -2.33. The van der Waals surface area contributed by atoms with Gasteiger partial charge in [-0.15, -0.1) is 0 Å². The number of nitrogens with one attached hydrogen (secondary N) is 1. The summed E-state index contributed by atoms with van der Waals surface area (Å²) in [7, 11) is 1.42. The quantitative estimate of drug-likeness (QED) is 0.854. The smallest absolute Gasteiger partial charge is 0.326 e. The van der Waals surface area contributed by atoms with Crippen LogP contribution < -0.4 is 5.32 Å². The number of nitrogens with zero attached hydrogens (tertiary/aromatic N) is 1. The molecular weight excluding hydrogens is 300 g/mol. The van der Waals surface area contributed by atoms with E-state index in [9.17, 15) is 19.5 Å². The maximum Gasteiger partial charge on any atom is 0.326 e.